The maximum absolute atomic E-state index is 11.7. The first-order chi connectivity index (χ1) is 14.6. The molecule has 0 spiro atoms. The zero-order valence-electron chi connectivity index (χ0n) is 17.7. The number of carbonyl (C=O) groups excluding carboxylic acids is 1. The van der Waals surface area contributed by atoms with Crippen LogP contribution in [-0.2, 0) is 22.5 Å². The molecule has 3 aromatic rings. The summed E-state index contributed by atoms with van der Waals surface area (Å²) in [5, 5.41) is 8.09. The van der Waals surface area contributed by atoms with Gasteiger partial charge in [0.2, 0.25) is 0 Å². The number of nitrogens with one attached hydrogen (secondary N) is 1. The Bertz CT molecular complexity index is 969. The summed E-state index contributed by atoms with van der Waals surface area (Å²) in [6, 6.07) is 7.99. The van der Waals surface area contributed by atoms with Crippen molar-refractivity contribution in [2.45, 2.75) is 53.0 Å². The Morgan fingerprint density at radius 2 is 1.97 bits per heavy atom. The summed E-state index contributed by atoms with van der Waals surface area (Å²) in [5.74, 6) is 1.74. The van der Waals surface area contributed by atoms with E-state index in [-0.39, 0.29) is 12.4 Å². The van der Waals surface area contributed by atoms with Gasteiger partial charge in [-0.2, -0.15) is 4.98 Å². The molecule has 1 aromatic carbocycles. The molecule has 0 saturated carbocycles. The molecule has 8 nitrogen and oxygen atoms in total. The van der Waals surface area contributed by atoms with Crippen molar-refractivity contribution in [3.63, 3.8) is 0 Å². The third-order valence-corrected chi connectivity index (χ3v) is 4.56. The van der Waals surface area contributed by atoms with Crippen LogP contribution in [0.15, 0.2) is 28.8 Å². The van der Waals surface area contributed by atoms with Crippen LogP contribution in [0.3, 0.4) is 0 Å². The molecule has 160 valence electrons. The molecule has 0 bridgehead atoms. The molecule has 0 atom stereocenters. The number of carbonyl (C=O) groups is 1. The Labute approximate surface area is 176 Å². The Balaban J connectivity index is 1.69. The van der Waals surface area contributed by atoms with Crippen LogP contribution in [0.1, 0.15) is 50.2 Å². The first-order valence-corrected chi connectivity index (χ1v) is 10.3. The molecule has 2 heterocycles. The van der Waals surface area contributed by atoms with E-state index in [2.05, 4.69) is 27.4 Å². The molecule has 0 aliphatic heterocycles. The number of nitrogens with zero attached hydrogens (tertiary/aromatic N) is 3. The van der Waals surface area contributed by atoms with Gasteiger partial charge in [-0.3, -0.25) is 4.79 Å². The molecule has 1 N–H and O–H groups in total. The number of anilines is 1. The molecule has 0 aliphatic carbocycles. The SMILES string of the molecule is CCCCOc1ccc(CNc2nc(CCC(=O)OCC)nc3onc(C)c23)cc1. The molecule has 0 saturated heterocycles. The largest absolute Gasteiger partial charge is 0.494 e. The van der Waals surface area contributed by atoms with Crippen LogP contribution in [0.5, 0.6) is 5.75 Å². The number of hydrogen-bond donors (Lipinski definition) is 1. The third-order valence-electron chi connectivity index (χ3n) is 4.56. The number of unbranched alkanes of at least 4 members (excludes halogenated alkanes) is 1. The van der Waals surface area contributed by atoms with Gasteiger partial charge in [0, 0.05) is 13.0 Å². The lowest BCUT2D eigenvalue weighted by Gasteiger charge is -2.10. The van der Waals surface area contributed by atoms with E-state index in [0.29, 0.717) is 42.6 Å². The maximum Gasteiger partial charge on any atom is 0.306 e. The predicted molar refractivity (Wildman–Crippen MR) is 113 cm³/mol. The fourth-order valence-corrected chi connectivity index (χ4v) is 2.94. The molecule has 0 radical (unpaired) electrons. The molecule has 0 fully saturated rings. The van der Waals surface area contributed by atoms with Gasteiger partial charge in [-0.15, -0.1) is 0 Å². The van der Waals surface area contributed by atoms with Gasteiger partial charge < -0.3 is 19.3 Å². The van der Waals surface area contributed by atoms with E-state index < -0.39 is 0 Å². The lowest BCUT2D eigenvalue weighted by atomic mass is 10.2. The number of aryl methyl sites for hydroxylation is 2. The minimum Gasteiger partial charge on any atom is -0.494 e. The Morgan fingerprint density at radius 1 is 1.17 bits per heavy atom. The van der Waals surface area contributed by atoms with Crippen molar-refractivity contribution in [3.8, 4) is 5.75 Å². The number of aromatic nitrogens is 3. The molecule has 0 amide bonds. The predicted octanol–water partition coefficient (Wildman–Crippen LogP) is 4.21. The molecule has 30 heavy (non-hydrogen) atoms. The van der Waals surface area contributed by atoms with Gasteiger partial charge in [0.1, 0.15) is 22.8 Å². The summed E-state index contributed by atoms with van der Waals surface area (Å²) >= 11 is 0. The second kappa shape index (κ2) is 10.6. The lowest BCUT2D eigenvalue weighted by Crippen LogP contribution is -2.09. The number of ether oxygens (including phenoxy) is 2. The van der Waals surface area contributed by atoms with E-state index in [1.807, 2.05) is 31.2 Å². The van der Waals surface area contributed by atoms with Gasteiger partial charge >= 0.3 is 5.97 Å². The third kappa shape index (κ3) is 5.68. The highest BCUT2D eigenvalue weighted by molar-refractivity contribution is 5.87. The summed E-state index contributed by atoms with van der Waals surface area (Å²) in [4.78, 5) is 20.6. The summed E-state index contributed by atoms with van der Waals surface area (Å²) in [6.07, 6.45) is 2.74. The van der Waals surface area contributed by atoms with E-state index in [1.54, 1.807) is 6.92 Å². The van der Waals surface area contributed by atoms with E-state index in [4.69, 9.17) is 14.0 Å². The van der Waals surface area contributed by atoms with Crippen molar-refractivity contribution in [1.82, 2.24) is 15.1 Å². The number of benzene rings is 1. The van der Waals surface area contributed by atoms with Crippen LogP contribution in [0, 0.1) is 6.92 Å². The van der Waals surface area contributed by atoms with Crippen molar-refractivity contribution >= 4 is 22.9 Å². The zero-order valence-corrected chi connectivity index (χ0v) is 17.7. The molecular weight excluding hydrogens is 384 g/mol. The highest BCUT2D eigenvalue weighted by Crippen LogP contribution is 2.25. The summed E-state index contributed by atoms with van der Waals surface area (Å²) in [7, 11) is 0. The van der Waals surface area contributed by atoms with E-state index in [0.717, 1.165) is 36.1 Å². The van der Waals surface area contributed by atoms with Crippen LogP contribution < -0.4 is 10.1 Å². The summed E-state index contributed by atoms with van der Waals surface area (Å²) in [6.45, 7) is 7.43. The van der Waals surface area contributed by atoms with Gasteiger partial charge in [-0.25, -0.2) is 4.98 Å². The minimum absolute atomic E-state index is 0.214. The first kappa shape index (κ1) is 21.5. The van der Waals surface area contributed by atoms with Crippen molar-refractivity contribution in [3.05, 3.63) is 41.3 Å². The number of esters is 1. The lowest BCUT2D eigenvalue weighted by molar-refractivity contribution is -0.143. The Morgan fingerprint density at radius 3 is 2.70 bits per heavy atom. The maximum atomic E-state index is 11.7. The van der Waals surface area contributed by atoms with E-state index in [9.17, 15) is 4.79 Å². The number of rotatable bonds is 11. The average molecular weight is 412 g/mol. The summed E-state index contributed by atoms with van der Waals surface area (Å²) in [5.41, 5.74) is 2.21. The molecule has 0 unspecified atom stereocenters. The number of hydrogen-bond acceptors (Lipinski definition) is 8. The molecule has 2 aromatic heterocycles. The Hall–Kier alpha value is -3.16. The van der Waals surface area contributed by atoms with Crippen LogP contribution in [0.2, 0.25) is 0 Å². The zero-order chi connectivity index (χ0) is 21.3. The normalized spacial score (nSPS) is 10.9. The quantitative estimate of drug-likeness (QED) is 0.369. The average Bonchev–Trinajstić information content (AvgIpc) is 3.13. The Kier molecular flexibility index (Phi) is 7.59. The van der Waals surface area contributed by atoms with Crippen LogP contribution >= 0.6 is 0 Å². The smallest absolute Gasteiger partial charge is 0.306 e. The molecular formula is C22H28N4O4. The van der Waals surface area contributed by atoms with Gasteiger partial charge in [0.15, 0.2) is 0 Å². The van der Waals surface area contributed by atoms with Crippen molar-refractivity contribution < 1.29 is 18.8 Å². The van der Waals surface area contributed by atoms with Gasteiger partial charge in [-0.1, -0.05) is 30.6 Å². The standard InChI is InChI=1S/C22H28N4O4/c1-4-6-13-29-17-9-7-16(8-10-17)14-23-21-20-15(3)26-30-22(20)25-18(24-21)11-12-19(27)28-5-2/h7-10H,4-6,11-14H2,1-3H3,(H,23,24,25). The second-order valence-corrected chi connectivity index (χ2v) is 6.94. The number of fused-ring (bicyclic) bond motifs is 1. The van der Waals surface area contributed by atoms with Gasteiger partial charge in [0.05, 0.1) is 25.3 Å². The monoisotopic (exact) mass is 412 g/mol. The van der Waals surface area contributed by atoms with Crippen LogP contribution in [0.4, 0.5) is 5.82 Å². The minimum atomic E-state index is -0.272. The topological polar surface area (TPSA) is 99.4 Å². The molecule has 8 heteroatoms. The van der Waals surface area contributed by atoms with Crippen molar-refractivity contribution in [2.75, 3.05) is 18.5 Å². The fourth-order valence-electron chi connectivity index (χ4n) is 2.94. The van der Waals surface area contributed by atoms with E-state index >= 15 is 0 Å². The fraction of sp³-hybridized carbons (Fsp3) is 0.455. The van der Waals surface area contributed by atoms with Crippen molar-refractivity contribution in [2.24, 2.45) is 0 Å². The van der Waals surface area contributed by atoms with Gasteiger partial charge in [0.25, 0.3) is 5.71 Å². The van der Waals surface area contributed by atoms with Crippen LogP contribution in [0.25, 0.3) is 11.1 Å². The van der Waals surface area contributed by atoms with Crippen LogP contribution in [-0.4, -0.2) is 34.3 Å². The highest BCUT2D eigenvalue weighted by atomic mass is 16.5. The first-order valence-electron chi connectivity index (χ1n) is 10.3. The highest BCUT2D eigenvalue weighted by Gasteiger charge is 2.16. The molecule has 0 aliphatic rings. The second-order valence-electron chi connectivity index (χ2n) is 6.94. The summed E-state index contributed by atoms with van der Waals surface area (Å²) < 4.78 is 16.0. The van der Waals surface area contributed by atoms with Crippen molar-refractivity contribution in [1.29, 1.82) is 0 Å². The molecule has 3 rings (SSSR count). The van der Waals surface area contributed by atoms with E-state index in [1.165, 1.54) is 0 Å². The van der Waals surface area contributed by atoms with Gasteiger partial charge in [-0.05, 0) is 38.0 Å².